The highest BCUT2D eigenvalue weighted by Gasteiger charge is 2.34. The average molecular weight is 582 g/mol. The van der Waals surface area contributed by atoms with Crippen molar-refractivity contribution in [3.05, 3.63) is 88.6 Å². The fraction of sp³-hybridized carbons (Fsp3) is 0.276. The topological polar surface area (TPSA) is 85.4 Å². The maximum atomic E-state index is 14.0. The van der Waals surface area contributed by atoms with E-state index in [0.29, 0.717) is 38.6 Å². The molecule has 1 amide bonds. The smallest absolute Gasteiger partial charge is 0.355 e. The minimum absolute atomic E-state index is 0.255. The second kappa shape index (κ2) is 12.2. The number of carbonyl (C=O) groups excluding carboxylic acids is 1. The second-order valence-corrected chi connectivity index (χ2v) is 11.0. The lowest BCUT2D eigenvalue weighted by molar-refractivity contribution is -0.138. The molecule has 0 atom stereocenters. The summed E-state index contributed by atoms with van der Waals surface area (Å²) in [5.74, 6) is 0.164. The summed E-state index contributed by atoms with van der Waals surface area (Å²) in [6, 6.07) is 16.9. The maximum absolute atomic E-state index is 14.0. The molecule has 1 aliphatic rings. The van der Waals surface area contributed by atoms with Crippen LogP contribution in [0.4, 0.5) is 41.2 Å². The first-order chi connectivity index (χ1) is 19.6. The van der Waals surface area contributed by atoms with Crippen molar-refractivity contribution in [3.63, 3.8) is 0 Å². The van der Waals surface area contributed by atoms with E-state index in [1.54, 1.807) is 43.3 Å². The number of amides is 1. The van der Waals surface area contributed by atoms with Crippen LogP contribution in [0, 0.1) is 6.92 Å². The number of aryl methyl sites for hydroxylation is 1. The SMILES string of the molecule is Cc1cc(Nc2ccc(CN3CCN(C)CC3)c(C(F)(F)F)c2)cc(Nc2ncc(C(=O)Nc3ccccc3)s2)n1. The molecule has 2 aromatic carbocycles. The number of para-hydroxylation sites is 1. The van der Waals surface area contributed by atoms with E-state index in [0.717, 1.165) is 43.6 Å². The number of hydrogen-bond acceptors (Lipinski definition) is 8. The lowest BCUT2D eigenvalue weighted by Crippen LogP contribution is -2.44. The second-order valence-electron chi connectivity index (χ2n) is 9.93. The molecule has 5 rings (SSSR count). The molecule has 8 nitrogen and oxygen atoms in total. The van der Waals surface area contributed by atoms with Gasteiger partial charge in [-0.05, 0) is 49.9 Å². The van der Waals surface area contributed by atoms with Gasteiger partial charge < -0.3 is 20.9 Å². The fourth-order valence-electron chi connectivity index (χ4n) is 4.53. The van der Waals surface area contributed by atoms with Crippen molar-refractivity contribution >= 4 is 45.3 Å². The quantitative estimate of drug-likeness (QED) is 0.224. The Hall–Kier alpha value is -4.00. The molecular weight excluding hydrogens is 551 g/mol. The number of carbonyl (C=O) groups is 1. The van der Waals surface area contributed by atoms with Crippen molar-refractivity contribution in [1.29, 1.82) is 0 Å². The molecule has 3 N–H and O–H groups in total. The van der Waals surface area contributed by atoms with Gasteiger partial charge in [0.2, 0.25) is 0 Å². The molecule has 4 aromatic rings. The predicted molar refractivity (Wildman–Crippen MR) is 156 cm³/mol. The van der Waals surface area contributed by atoms with E-state index < -0.39 is 11.7 Å². The van der Waals surface area contributed by atoms with Crippen molar-refractivity contribution in [1.82, 2.24) is 19.8 Å². The van der Waals surface area contributed by atoms with Crippen LogP contribution in [0.25, 0.3) is 0 Å². The first-order valence-electron chi connectivity index (χ1n) is 13.1. The zero-order valence-electron chi connectivity index (χ0n) is 22.6. The predicted octanol–water partition coefficient (Wildman–Crippen LogP) is 6.35. The molecular formula is C29H30F3N7OS. The van der Waals surface area contributed by atoms with Gasteiger partial charge in [-0.15, -0.1) is 0 Å². The molecule has 0 radical (unpaired) electrons. The molecule has 0 unspecified atom stereocenters. The Kier molecular flexibility index (Phi) is 8.52. The monoisotopic (exact) mass is 581 g/mol. The summed E-state index contributed by atoms with van der Waals surface area (Å²) in [4.78, 5) is 25.9. The van der Waals surface area contributed by atoms with Gasteiger partial charge in [0.05, 0.1) is 11.8 Å². The molecule has 1 saturated heterocycles. The Balaban J connectivity index is 1.29. The Morgan fingerprint density at radius 2 is 1.71 bits per heavy atom. The number of rotatable bonds is 8. The summed E-state index contributed by atoms with van der Waals surface area (Å²) >= 11 is 1.16. The van der Waals surface area contributed by atoms with Crippen molar-refractivity contribution in [2.75, 3.05) is 49.2 Å². The van der Waals surface area contributed by atoms with Crippen LogP contribution >= 0.6 is 11.3 Å². The van der Waals surface area contributed by atoms with Crippen LogP contribution in [0.1, 0.15) is 26.5 Å². The zero-order valence-corrected chi connectivity index (χ0v) is 23.4. The van der Waals surface area contributed by atoms with E-state index in [1.807, 2.05) is 25.2 Å². The molecule has 1 fully saturated rings. The standard InChI is InChI=1S/C29H30F3N7OS/c1-19-14-23(16-26(34-19)37-28-33-17-25(41-28)27(40)36-21-6-4-3-5-7-21)35-22-9-8-20(24(15-22)29(30,31)32)18-39-12-10-38(2)11-13-39/h3-9,14-17H,10-13,18H2,1-2H3,(H,36,40)(H2,33,34,35,37). The number of benzene rings is 2. The lowest BCUT2D eigenvalue weighted by atomic mass is 10.0. The number of alkyl halides is 3. The number of piperazine rings is 1. The highest BCUT2D eigenvalue weighted by atomic mass is 32.1. The van der Waals surface area contributed by atoms with Crippen LogP contribution in [-0.2, 0) is 12.7 Å². The number of halogens is 3. The Labute approximate surface area is 240 Å². The third-order valence-corrected chi connectivity index (χ3v) is 7.55. The van der Waals surface area contributed by atoms with Gasteiger partial charge in [-0.25, -0.2) is 9.97 Å². The highest BCUT2D eigenvalue weighted by molar-refractivity contribution is 7.17. The maximum Gasteiger partial charge on any atom is 0.416 e. The van der Waals surface area contributed by atoms with Crippen molar-refractivity contribution in [2.45, 2.75) is 19.6 Å². The minimum atomic E-state index is -4.48. The molecule has 3 heterocycles. The van der Waals surface area contributed by atoms with Gasteiger partial charge >= 0.3 is 6.18 Å². The number of pyridine rings is 1. The van der Waals surface area contributed by atoms with E-state index in [9.17, 15) is 18.0 Å². The first-order valence-corrected chi connectivity index (χ1v) is 13.9. The normalized spacial score (nSPS) is 14.6. The molecule has 12 heteroatoms. The van der Waals surface area contributed by atoms with Crippen LogP contribution < -0.4 is 16.0 Å². The highest BCUT2D eigenvalue weighted by Crippen LogP contribution is 2.35. The number of anilines is 5. The number of hydrogen-bond donors (Lipinski definition) is 3. The Bertz CT molecular complexity index is 1500. The van der Waals surface area contributed by atoms with E-state index in [1.165, 1.54) is 6.20 Å². The third-order valence-electron chi connectivity index (χ3n) is 6.64. The van der Waals surface area contributed by atoms with E-state index >= 15 is 0 Å². The lowest BCUT2D eigenvalue weighted by Gasteiger charge is -2.33. The van der Waals surface area contributed by atoms with Crippen LogP contribution in [0.15, 0.2) is 66.9 Å². The van der Waals surface area contributed by atoms with Crippen LogP contribution in [0.5, 0.6) is 0 Å². The van der Waals surface area contributed by atoms with Crippen LogP contribution in [0.2, 0.25) is 0 Å². The molecule has 0 saturated carbocycles. The average Bonchev–Trinajstić information content (AvgIpc) is 3.39. The van der Waals surface area contributed by atoms with Gasteiger partial charge in [0.15, 0.2) is 5.13 Å². The van der Waals surface area contributed by atoms with E-state index in [2.05, 4.69) is 35.7 Å². The zero-order chi connectivity index (χ0) is 29.0. The van der Waals surface area contributed by atoms with Gasteiger partial charge in [0.1, 0.15) is 10.7 Å². The largest absolute Gasteiger partial charge is 0.416 e. The fourth-order valence-corrected chi connectivity index (χ4v) is 5.25. The van der Waals surface area contributed by atoms with Gasteiger partial charge in [-0.3, -0.25) is 9.69 Å². The number of aromatic nitrogens is 2. The molecule has 41 heavy (non-hydrogen) atoms. The van der Waals surface area contributed by atoms with Gasteiger partial charge in [0.25, 0.3) is 5.91 Å². The number of nitrogens with zero attached hydrogens (tertiary/aromatic N) is 4. The van der Waals surface area contributed by atoms with Crippen molar-refractivity contribution in [2.24, 2.45) is 0 Å². The summed E-state index contributed by atoms with van der Waals surface area (Å²) in [7, 11) is 2.01. The number of nitrogens with one attached hydrogen (secondary N) is 3. The third kappa shape index (κ3) is 7.60. The molecule has 2 aromatic heterocycles. The summed E-state index contributed by atoms with van der Waals surface area (Å²) in [6.45, 7) is 5.18. The Morgan fingerprint density at radius 3 is 2.44 bits per heavy atom. The van der Waals surface area contributed by atoms with E-state index in [4.69, 9.17) is 0 Å². The summed E-state index contributed by atoms with van der Waals surface area (Å²) in [6.07, 6.45) is -3.00. The van der Waals surface area contributed by atoms with Crippen molar-refractivity contribution in [3.8, 4) is 0 Å². The van der Waals surface area contributed by atoms with E-state index in [-0.39, 0.29) is 18.0 Å². The van der Waals surface area contributed by atoms with Gasteiger partial charge in [-0.2, -0.15) is 13.2 Å². The number of thiazole rings is 1. The molecule has 0 bridgehead atoms. The number of likely N-dealkylation sites (N-methyl/N-ethyl adjacent to an activating group) is 1. The van der Waals surface area contributed by atoms with Gasteiger partial charge in [0, 0.05) is 61.5 Å². The molecule has 0 aliphatic carbocycles. The first kappa shape index (κ1) is 28.5. The molecule has 0 spiro atoms. The van der Waals surface area contributed by atoms with Gasteiger partial charge in [-0.1, -0.05) is 35.6 Å². The minimum Gasteiger partial charge on any atom is -0.355 e. The van der Waals surface area contributed by atoms with Crippen LogP contribution in [-0.4, -0.2) is 58.9 Å². The summed E-state index contributed by atoms with van der Waals surface area (Å²) in [5.41, 5.74) is 1.84. The molecule has 214 valence electrons. The molecule has 1 aliphatic heterocycles. The van der Waals surface area contributed by atoms with Crippen LogP contribution in [0.3, 0.4) is 0 Å². The summed E-state index contributed by atoms with van der Waals surface area (Å²) in [5, 5.41) is 9.46. The summed E-state index contributed by atoms with van der Waals surface area (Å²) < 4.78 is 42.1. The Morgan fingerprint density at radius 1 is 0.951 bits per heavy atom. The van der Waals surface area contributed by atoms with Crippen molar-refractivity contribution < 1.29 is 18.0 Å².